The Labute approximate surface area is 216 Å². The number of nitrogens with zero attached hydrogens (tertiary/aromatic N) is 1. The van der Waals surface area contributed by atoms with E-state index in [1.165, 1.54) is 7.11 Å². The molecule has 4 unspecified atom stereocenters. The van der Waals surface area contributed by atoms with Gasteiger partial charge < -0.3 is 35.0 Å². The van der Waals surface area contributed by atoms with Crippen LogP contribution in [0, 0.1) is 6.92 Å². The van der Waals surface area contributed by atoms with Gasteiger partial charge in [0.05, 0.1) is 32.3 Å². The first-order chi connectivity index (χ1) is 17.8. The lowest BCUT2D eigenvalue weighted by atomic mass is 9.77. The molecule has 0 fully saturated rings. The van der Waals surface area contributed by atoms with E-state index >= 15 is 0 Å². The molecule has 1 aliphatic carbocycles. The van der Waals surface area contributed by atoms with Gasteiger partial charge >= 0.3 is 0 Å². The van der Waals surface area contributed by atoms with Crippen LogP contribution in [0.25, 0.3) is 0 Å². The van der Waals surface area contributed by atoms with Crippen LogP contribution in [0.15, 0.2) is 48.0 Å². The molecule has 37 heavy (non-hydrogen) atoms. The zero-order chi connectivity index (χ0) is 26.7. The molecule has 2 amide bonds. The number of methoxy groups -OCH3 is 1. The van der Waals surface area contributed by atoms with Crippen molar-refractivity contribution >= 4 is 11.8 Å². The Bertz CT molecular complexity index is 1180. The molecule has 4 atom stereocenters. The average molecular weight is 511 g/mol. The Kier molecular flexibility index (Phi) is 8.16. The number of hydrogen-bond acceptors (Lipinski definition) is 7. The summed E-state index contributed by atoms with van der Waals surface area (Å²) >= 11 is 0. The molecular weight excluding hydrogens is 476 g/mol. The summed E-state index contributed by atoms with van der Waals surface area (Å²) in [6.45, 7) is 3.56. The number of aryl methyl sites for hydroxylation is 1. The zero-order valence-corrected chi connectivity index (χ0v) is 21.3. The second-order valence-corrected chi connectivity index (χ2v) is 9.38. The quantitative estimate of drug-likeness (QED) is 0.403. The maximum absolute atomic E-state index is 13.3. The van der Waals surface area contributed by atoms with Crippen molar-refractivity contribution in [3.8, 4) is 11.5 Å². The number of nitrogens with one attached hydrogen (secondary N) is 1. The number of carbonyl (C=O) groups is 2. The van der Waals surface area contributed by atoms with E-state index in [0.29, 0.717) is 28.2 Å². The van der Waals surface area contributed by atoms with Crippen LogP contribution in [0.2, 0.25) is 0 Å². The highest BCUT2D eigenvalue weighted by molar-refractivity contribution is 5.96. The second-order valence-electron chi connectivity index (χ2n) is 9.38. The van der Waals surface area contributed by atoms with E-state index < -0.39 is 30.1 Å². The second kappa shape index (κ2) is 11.3. The van der Waals surface area contributed by atoms with E-state index in [1.54, 1.807) is 30.0 Å². The monoisotopic (exact) mass is 510 g/mol. The van der Waals surface area contributed by atoms with Gasteiger partial charge in [0.15, 0.2) is 11.5 Å². The third-order valence-corrected chi connectivity index (χ3v) is 6.95. The van der Waals surface area contributed by atoms with Crippen molar-refractivity contribution in [1.82, 2.24) is 10.2 Å². The molecule has 9 heteroatoms. The summed E-state index contributed by atoms with van der Waals surface area (Å²) in [5.41, 5.74) is 3.50. The molecule has 0 radical (unpaired) electrons. The van der Waals surface area contributed by atoms with E-state index in [1.807, 2.05) is 31.2 Å². The van der Waals surface area contributed by atoms with Gasteiger partial charge in [-0.25, -0.2) is 0 Å². The predicted molar refractivity (Wildman–Crippen MR) is 136 cm³/mol. The van der Waals surface area contributed by atoms with Gasteiger partial charge in [0.25, 0.3) is 0 Å². The Balaban J connectivity index is 1.80. The van der Waals surface area contributed by atoms with Crippen LogP contribution in [-0.4, -0.2) is 70.5 Å². The number of amides is 2. The molecule has 0 spiro atoms. The first kappa shape index (κ1) is 26.7. The number of rotatable bonds is 9. The smallest absolute Gasteiger partial charge is 0.247 e. The van der Waals surface area contributed by atoms with Gasteiger partial charge in [-0.3, -0.25) is 9.59 Å². The van der Waals surface area contributed by atoms with Crippen LogP contribution < -0.4 is 14.8 Å². The van der Waals surface area contributed by atoms with Crippen LogP contribution >= 0.6 is 0 Å². The van der Waals surface area contributed by atoms with Crippen LogP contribution in [0.4, 0.5) is 0 Å². The first-order valence-corrected chi connectivity index (χ1v) is 12.4. The van der Waals surface area contributed by atoms with E-state index in [9.17, 15) is 24.9 Å². The summed E-state index contributed by atoms with van der Waals surface area (Å²) in [4.78, 5) is 28.0. The lowest BCUT2D eigenvalue weighted by molar-refractivity contribution is -0.137. The van der Waals surface area contributed by atoms with Crippen molar-refractivity contribution in [2.24, 2.45) is 0 Å². The molecule has 2 aliphatic rings. The van der Waals surface area contributed by atoms with E-state index in [-0.39, 0.29) is 38.6 Å². The topological polar surface area (TPSA) is 129 Å². The molecule has 0 bridgehead atoms. The van der Waals surface area contributed by atoms with Gasteiger partial charge in [0, 0.05) is 30.6 Å². The first-order valence-electron chi connectivity index (χ1n) is 12.4. The lowest BCUT2D eigenvalue weighted by Gasteiger charge is -2.40. The summed E-state index contributed by atoms with van der Waals surface area (Å²) in [5, 5.41) is 33.3. The van der Waals surface area contributed by atoms with Crippen LogP contribution in [0.3, 0.4) is 0 Å². The minimum Gasteiger partial charge on any atom is -0.493 e. The van der Waals surface area contributed by atoms with E-state index in [0.717, 1.165) is 11.1 Å². The molecule has 9 nitrogen and oxygen atoms in total. The SMILES string of the molecule is CCC(=O)N(Cc1ccc(C)cc1)C1C=C(C(=O)NCCO)C2c3cc(CO)cc(OC)c3OC2C1O. The lowest BCUT2D eigenvalue weighted by Crippen LogP contribution is -2.55. The van der Waals surface area contributed by atoms with Gasteiger partial charge in [0.2, 0.25) is 11.8 Å². The highest BCUT2D eigenvalue weighted by Crippen LogP contribution is 2.51. The summed E-state index contributed by atoms with van der Waals surface area (Å²) < 4.78 is 11.7. The van der Waals surface area contributed by atoms with E-state index in [4.69, 9.17) is 9.47 Å². The number of aliphatic hydroxyl groups is 3. The minimum absolute atomic E-state index is 0.0511. The number of carbonyl (C=O) groups excluding carboxylic acids is 2. The summed E-state index contributed by atoms with van der Waals surface area (Å²) in [5.74, 6) is -0.480. The van der Waals surface area contributed by atoms with Crippen LogP contribution in [-0.2, 0) is 22.7 Å². The number of ether oxygens (including phenoxy) is 2. The maximum atomic E-state index is 13.3. The predicted octanol–water partition coefficient (Wildman–Crippen LogP) is 1.56. The zero-order valence-electron chi connectivity index (χ0n) is 21.3. The molecule has 2 aromatic carbocycles. The Morgan fingerprint density at radius 2 is 1.86 bits per heavy atom. The van der Waals surface area contributed by atoms with Crippen molar-refractivity contribution in [2.75, 3.05) is 20.3 Å². The van der Waals surface area contributed by atoms with Gasteiger partial charge in [-0.05, 0) is 36.3 Å². The fourth-order valence-electron chi connectivity index (χ4n) is 5.07. The standard InChI is InChI=1S/C28H34N2O7/c1-4-23(33)30(14-17-7-5-16(2)6-8-17)21-13-20(28(35)29-9-10-31)24-19-11-18(15-32)12-22(36-3)26(19)37-27(24)25(21)34/h5-8,11-13,21,24-25,27,31-32,34H,4,9-10,14-15H2,1-3H3,(H,29,35). The minimum atomic E-state index is -1.14. The molecule has 198 valence electrons. The molecule has 0 saturated heterocycles. The maximum Gasteiger partial charge on any atom is 0.247 e. The van der Waals surface area contributed by atoms with Crippen LogP contribution in [0.5, 0.6) is 11.5 Å². The molecular formula is C28H34N2O7. The molecule has 4 rings (SSSR count). The van der Waals surface area contributed by atoms with Crippen molar-refractivity contribution in [3.63, 3.8) is 0 Å². The molecule has 0 saturated carbocycles. The number of hydrogen-bond donors (Lipinski definition) is 4. The normalized spacial score (nSPS) is 21.8. The van der Waals surface area contributed by atoms with Crippen LogP contribution in [0.1, 0.15) is 41.5 Å². The average Bonchev–Trinajstić information content (AvgIpc) is 3.31. The van der Waals surface area contributed by atoms with Crippen molar-refractivity contribution in [2.45, 2.75) is 57.6 Å². The van der Waals surface area contributed by atoms with Gasteiger partial charge in [-0.2, -0.15) is 0 Å². The third-order valence-electron chi connectivity index (χ3n) is 6.95. The summed E-state index contributed by atoms with van der Waals surface area (Å²) in [7, 11) is 1.48. The third kappa shape index (κ3) is 5.20. The molecule has 1 aliphatic heterocycles. The van der Waals surface area contributed by atoms with Crippen molar-refractivity contribution < 1.29 is 34.4 Å². The van der Waals surface area contributed by atoms with Crippen molar-refractivity contribution in [1.29, 1.82) is 0 Å². The van der Waals surface area contributed by atoms with Gasteiger partial charge in [0.1, 0.15) is 12.2 Å². The van der Waals surface area contributed by atoms with Crippen molar-refractivity contribution in [3.05, 3.63) is 70.3 Å². The Hall–Kier alpha value is -3.40. The van der Waals surface area contributed by atoms with Gasteiger partial charge in [-0.15, -0.1) is 0 Å². The number of aliphatic hydroxyl groups excluding tert-OH is 3. The molecule has 0 aromatic heterocycles. The highest BCUT2D eigenvalue weighted by Gasteiger charge is 2.51. The fraction of sp³-hybridized carbons (Fsp3) is 0.429. The number of benzene rings is 2. The fourth-order valence-corrected chi connectivity index (χ4v) is 5.07. The Morgan fingerprint density at radius 1 is 1.14 bits per heavy atom. The molecule has 2 aromatic rings. The van der Waals surface area contributed by atoms with Gasteiger partial charge in [-0.1, -0.05) is 36.8 Å². The summed E-state index contributed by atoms with van der Waals surface area (Å²) in [6.07, 6.45) is -0.155. The Morgan fingerprint density at radius 3 is 2.49 bits per heavy atom. The molecule has 1 heterocycles. The molecule has 4 N–H and O–H groups in total. The largest absolute Gasteiger partial charge is 0.493 e. The number of fused-ring (bicyclic) bond motifs is 3. The highest BCUT2D eigenvalue weighted by atomic mass is 16.5. The van der Waals surface area contributed by atoms with E-state index in [2.05, 4.69) is 5.32 Å². The summed E-state index contributed by atoms with van der Waals surface area (Å²) in [6, 6.07) is 10.4.